The van der Waals surface area contributed by atoms with Crippen molar-refractivity contribution in [3.63, 3.8) is 0 Å². The quantitative estimate of drug-likeness (QED) is 0.591. The number of carboxylic acid groups (broad SMARTS) is 1. The number of halogens is 1. The first-order valence-electron chi connectivity index (χ1n) is 5.92. The van der Waals surface area contributed by atoms with E-state index in [-0.39, 0.29) is 23.4 Å². The van der Waals surface area contributed by atoms with E-state index < -0.39 is 21.9 Å². The molecule has 0 atom stereocenters. The Morgan fingerprint density at radius 1 is 1.30 bits per heavy atom. The maximum atomic E-state index is 12.3. The zero-order chi connectivity index (χ0) is 14.9. The van der Waals surface area contributed by atoms with Crippen molar-refractivity contribution < 1.29 is 23.1 Å². The molecular weight excluding hydrogens is 397 g/mol. The van der Waals surface area contributed by atoms with Gasteiger partial charge in [0.05, 0.1) is 5.56 Å². The Morgan fingerprint density at radius 2 is 2.00 bits per heavy atom. The summed E-state index contributed by atoms with van der Waals surface area (Å²) in [5.41, 5.74) is 0.184. The van der Waals surface area contributed by atoms with E-state index >= 15 is 0 Å². The number of fused-ring (bicyclic) bond motifs is 1. The second-order valence-corrected chi connectivity index (χ2v) is 7.45. The fraction of sp³-hybridized carbons (Fsp3) is 0.333. The van der Waals surface area contributed by atoms with Gasteiger partial charge in [-0.25, -0.2) is 12.7 Å². The maximum Gasteiger partial charge on any atom is 0.303 e. The molecule has 0 unspecified atom stereocenters. The zero-order valence-electron chi connectivity index (χ0n) is 10.4. The van der Waals surface area contributed by atoms with Crippen LogP contribution in [0.25, 0.3) is 0 Å². The predicted octanol–water partition coefficient (Wildman–Crippen LogP) is 1.69. The molecule has 1 aliphatic heterocycles. The lowest BCUT2D eigenvalue weighted by molar-refractivity contribution is -0.137. The Balaban J connectivity index is 2.17. The molecule has 6 nitrogen and oxygen atoms in total. The fourth-order valence-corrected chi connectivity index (χ4v) is 4.34. The predicted molar refractivity (Wildman–Crippen MR) is 78.9 cm³/mol. The number of nitrogens with zero attached hydrogens (tertiary/aromatic N) is 1. The molecule has 1 aliphatic rings. The summed E-state index contributed by atoms with van der Waals surface area (Å²) >= 11 is 1.99. The van der Waals surface area contributed by atoms with E-state index in [1.165, 1.54) is 12.1 Å². The van der Waals surface area contributed by atoms with E-state index in [4.69, 9.17) is 5.11 Å². The van der Waals surface area contributed by atoms with Gasteiger partial charge in [0, 0.05) is 16.5 Å². The van der Waals surface area contributed by atoms with Crippen LogP contribution in [-0.4, -0.2) is 36.3 Å². The van der Waals surface area contributed by atoms with Gasteiger partial charge in [-0.15, -0.1) is 0 Å². The molecule has 0 fully saturated rings. The van der Waals surface area contributed by atoms with Crippen molar-refractivity contribution in [3.8, 4) is 0 Å². The summed E-state index contributed by atoms with van der Waals surface area (Å²) in [5, 5.41) is 8.53. The molecule has 1 N–H and O–H groups in total. The monoisotopic (exact) mass is 409 g/mol. The van der Waals surface area contributed by atoms with Crippen molar-refractivity contribution in [2.24, 2.45) is 0 Å². The molecule has 20 heavy (non-hydrogen) atoms. The first kappa shape index (κ1) is 15.2. The second-order valence-electron chi connectivity index (χ2n) is 4.37. The van der Waals surface area contributed by atoms with Gasteiger partial charge in [-0.05, 0) is 53.6 Å². The summed E-state index contributed by atoms with van der Waals surface area (Å²) in [6, 6.07) is 4.66. The number of carboxylic acids is 1. The third kappa shape index (κ3) is 2.80. The van der Waals surface area contributed by atoms with Crippen LogP contribution in [0.5, 0.6) is 0 Å². The number of aliphatic carboxylic acids is 1. The van der Waals surface area contributed by atoms with E-state index in [1.54, 1.807) is 6.07 Å². The van der Waals surface area contributed by atoms with Crippen LogP contribution in [0.1, 0.15) is 29.6 Å². The van der Waals surface area contributed by atoms with E-state index in [2.05, 4.69) is 0 Å². The summed E-state index contributed by atoms with van der Waals surface area (Å²) in [6.07, 6.45) is 0.637. The summed E-state index contributed by atoms with van der Waals surface area (Å²) < 4.78 is 26.1. The Hall–Kier alpha value is -1.16. The number of carbonyl (C=O) groups excluding carboxylic acids is 1. The van der Waals surface area contributed by atoms with E-state index in [1.807, 2.05) is 22.6 Å². The topological polar surface area (TPSA) is 91.8 Å². The SMILES string of the molecule is O=C(O)CCCCN1C(=O)c2ccc(I)cc2S1(=O)=O. The molecule has 0 radical (unpaired) electrons. The number of amides is 1. The zero-order valence-corrected chi connectivity index (χ0v) is 13.3. The maximum absolute atomic E-state index is 12.3. The molecule has 8 heteroatoms. The van der Waals surface area contributed by atoms with Gasteiger partial charge >= 0.3 is 5.97 Å². The average molecular weight is 409 g/mol. The highest BCUT2D eigenvalue weighted by Crippen LogP contribution is 2.31. The van der Waals surface area contributed by atoms with Crippen LogP contribution >= 0.6 is 22.6 Å². The number of unbranched alkanes of at least 4 members (excludes halogenated alkanes) is 1. The van der Waals surface area contributed by atoms with Crippen LogP contribution in [0, 0.1) is 3.57 Å². The van der Waals surface area contributed by atoms with Gasteiger partial charge in [0.2, 0.25) is 0 Å². The minimum absolute atomic E-state index is 0.0136. The molecule has 1 aromatic carbocycles. The average Bonchev–Trinajstić information content (AvgIpc) is 2.54. The molecule has 0 aromatic heterocycles. The molecule has 2 rings (SSSR count). The van der Waals surface area contributed by atoms with Crippen LogP contribution in [0.4, 0.5) is 0 Å². The number of hydrogen-bond donors (Lipinski definition) is 1. The summed E-state index contributed by atoms with van der Waals surface area (Å²) in [6.45, 7) is 0.0136. The third-order valence-electron chi connectivity index (χ3n) is 2.97. The molecule has 108 valence electrons. The second kappa shape index (κ2) is 5.68. The molecule has 1 amide bonds. The normalized spacial score (nSPS) is 16.2. The molecule has 1 heterocycles. The number of hydrogen-bond acceptors (Lipinski definition) is 4. The first-order valence-corrected chi connectivity index (χ1v) is 8.44. The molecule has 0 spiro atoms. The van der Waals surface area contributed by atoms with E-state index in [0.717, 1.165) is 7.88 Å². The van der Waals surface area contributed by atoms with Crippen LogP contribution in [0.2, 0.25) is 0 Å². The van der Waals surface area contributed by atoms with Crippen molar-refractivity contribution in [2.45, 2.75) is 24.2 Å². The Labute approximate surface area is 130 Å². The van der Waals surface area contributed by atoms with Gasteiger partial charge in [0.1, 0.15) is 4.90 Å². The van der Waals surface area contributed by atoms with Crippen molar-refractivity contribution in [2.75, 3.05) is 6.54 Å². The summed E-state index contributed by atoms with van der Waals surface area (Å²) in [4.78, 5) is 22.5. The van der Waals surface area contributed by atoms with Crippen molar-refractivity contribution in [1.29, 1.82) is 0 Å². The smallest absolute Gasteiger partial charge is 0.303 e. The van der Waals surface area contributed by atoms with Gasteiger partial charge in [0.25, 0.3) is 15.9 Å². The van der Waals surface area contributed by atoms with Crippen molar-refractivity contribution in [3.05, 3.63) is 27.3 Å². The highest BCUT2D eigenvalue weighted by molar-refractivity contribution is 14.1. The fourth-order valence-electron chi connectivity index (χ4n) is 2.00. The van der Waals surface area contributed by atoms with E-state index in [0.29, 0.717) is 12.8 Å². The highest BCUT2D eigenvalue weighted by Gasteiger charge is 2.40. The van der Waals surface area contributed by atoms with Crippen LogP contribution < -0.4 is 0 Å². The van der Waals surface area contributed by atoms with Crippen LogP contribution in [-0.2, 0) is 14.8 Å². The Bertz CT molecular complexity index is 670. The summed E-state index contributed by atoms with van der Waals surface area (Å²) in [7, 11) is -3.79. The molecule has 0 saturated carbocycles. The molecule has 0 aliphatic carbocycles. The van der Waals surface area contributed by atoms with E-state index in [9.17, 15) is 18.0 Å². The number of rotatable bonds is 5. The molecule has 0 bridgehead atoms. The van der Waals surface area contributed by atoms with Crippen molar-refractivity contribution in [1.82, 2.24) is 4.31 Å². The minimum atomic E-state index is -3.79. The lowest BCUT2D eigenvalue weighted by atomic mass is 10.2. The number of benzene rings is 1. The van der Waals surface area contributed by atoms with Gasteiger partial charge in [-0.2, -0.15) is 0 Å². The standard InChI is InChI=1S/C12H12INO5S/c13-8-4-5-9-10(7-8)20(18,19)14(12(9)17)6-2-1-3-11(15)16/h4-5,7H,1-3,6H2,(H,15,16). The lowest BCUT2D eigenvalue weighted by Crippen LogP contribution is -2.31. The van der Waals surface area contributed by atoms with Gasteiger partial charge in [0.15, 0.2) is 0 Å². The van der Waals surface area contributed by atoms with Crippen molar-refractivity contribution >= 4 is 44.5 Å². The highest BCUT2D eigenvalue weighted by atomic mass is 127. The minimum Gasteiger partial charge on any atom is -0.481 e. The van der Waals surface area contributed by atoms with Gasteiger partial charge < -0.3 is 5.11 Å². The number of sulfonamides is 1. The molecule has 1 aromatic rings. The number of carbonyl (C=O) groups is 2. The summed E-state index contributed by atoms with van der Waals surface area (Å²) in [5.74, 6) is -1.47. The van der Waals surface area contributed by atoms with Crippen LogP contribution in [0.15, 0.2) is 23.1 Å². The van der Waals surface area contributed by atoms with Gasteiger partial charge in [-0.3, -0.25) is 9.59 Å². The third-order valence-corrected chi connectivity index (χ3v) is 5.46. The first-order chi connectivity index (χ1) is 9.34. The van der Waals surface area contributed by atoms with Crippen LogP contribution in [0.3, 0.4) is 0 Å². The molecular formula is C12H12INO5S. The largest absolute Gasteiger partial charge is 0.481 e. The Kier molecular flexibility index (Phi) is 4.33. The molecule has 0 saturated heterocycles. The Morgan fingerprint density at radius 3 is 2.65 bits per heavy atom. The van der Waals surface area contributed by atoms with Gasteiger partial charge in [-0.1, -0.05) is 0 Å². The lowest BCUT2D eigenvalue weighted by Gasteiger charge is -2.14.